The Bertz CT molecular complexity index is 370. The first kappa shape index (κ1) is 26.9. The normalized spacial score (nSPS) is 12.0. The summed E-state index contributed by atoms with van der Waals surface area (Å²) in [5, 5.41) is 0. The van der Waals surface area contributed by atoms with E-state index in [1.54, 1.807) is 0 Å². The number of unbranched alkanes of at least 4 members (excludes halogenated alkanes) is 10. The second-order valence-electron chi connectivity index (χ2n) is 7.49. The second kappa shape index (κ2) is 20.6. The van der Waals surface area contributed by atoms with E-state index in [9.17, 15) is 9.59 Å². The van der Waals surface area contributed by atoms with Gasteiger partial charge in [0.05, 0.1) is 6.61 Å². The zero-order chi connectivity index (χ0) is 20.9. The van der Waals surface area contributed by atoms with Crippen LogP contribution in [0, 0.1) is 0 Å². The van der Waals surface area contributed by atoms with Gasteiger partial charge in [0.15, 0.2) is 6.10 Å². The fraction of sp³-hybridized carbons (Fsp3) is 0.913. The summed E-state index contributed by atoms with van der Waals surface area (Å²) in [5.41, 5.74) is 0. The molecule has 0 saturated carbocycles. The van der Waals surface area contributed by atoms with Crippen LogP contribution in [0.1, 0.15) is 111 Å². The van der Waals surface area contributed by atoms with E-state index in [-0.39, 0.29) is 25.2 Å². The Labute approximate surface area is 172 Å². The standard InChI is InChI=1S/C23H44O5/c1-4-7-9-11-12-14-16-18-23(25)28-21(19-26-6-3)20-27-22(24)17-15-13-10-8-5-2/h21H,4-20H2,1-3H3. The van der Waals surface area contributed by atoms with Gasteiger partial charge in [-0.25, -0.2) is 0 Å². The maximum Gasteiger partial charge on any atom is 0.306 e. The summed E-state index contributed by atoms with van der Waals surface area (Å²) in [4.78, 5) is 23.9. The molecule has 0 saturated heterocycles. The van der Waals surface area contributed by atoms with Crippen LogP contribution in [0.5, 0.6) is 0 Å². The van der Waals surface area contributed by atoms with Gasteiger partial charge in [-0.05, 0) is 19.8 Å². The molecule has 0 radical (unpaired) electrons. The fourth-order valence-electron chi connectivity index (χ4n) is 2.97. The molecule has 28 heavy (non-hydrogen) atoms. The van der Waals surface area contributed by atoms with Crippen LogP contribution in [-0.2, 0) is 23.8 Å². The molecular weight excluding hydrogens is 356 g/mol. The van der Waals surface area contributed by atoms with E-state index in [1.165, 1.54) is 44.9 Å². The molecule has 0 aliphatic heterocycles. The predicted molar refractivity (Wildman–Crippen MR) is 113 cm³/mol. The van der Waals surface area contributed by atoms with Gasteiger partial charge in [0.2, 0.25) is 0 Å². The van der Waals surface area contributed by atoms with E-state index in [4.69, 9.17) is 14.2 Å². The Kier molecular flexibility index (Phi) is 19.8. The summed E-state index contributed by atoms with van der Waals surface area (Å²) in [7, 11) is 0. The molecular formula is C23H44O5. The van der Waals surface area contributed by atoms with Gasteiger partial charge in [0, 0.05) is 19.4 Å². The minimum absolute atomic E-state index is 0.0799. The molecule has 0 N–H and O–H groups in total. The summed E-state index contributed by atoms with van der Waals surface area (Å²) >= 11 is 0. The van der Waals surface area contributed by atoms with Crippen molar-refractivity contribution in [1.29, 1.82) is 0 Å². The van der Waals surface area contributed by atoms with Gasteiger partial charge in [0.1, 0.15) is 6.61 Å². The third-order valence-electron chi connectivity index (χ3n) is 4.71. The van der Waals surface area contributed by atoms with E-state index >= 15 is 0 Å². The van der Waals surface area contributed by atoms with Gasteiger partial charge in [-0.15, -0.1) is 0 Å². The molecule has 0 aliphatic rings. The maximum absolute atomic E-state index is 12.1. The monoisotopic (exact) mass is 400 g/mol. The molecule has 166 valence electrons. The molecule has 5 nitrogen and oxygen atoms in total. The quantitative estimate of drug-likeness (QED) is 0.186. The number of hydrogen-bond donors (Lipinski definition) is 0. The molecule has 0 aliphatic carbocycles. The van der Waals surface area contributed by atoms with Crippen molar-refractivity contribution >= 4 is 11.9 Å². The summed E-state index contributed by atoms with van der Waals surface area (Å²) in [6.07, 6.45) is 13.9. The van der Waals surface area contributed by atoms with Gasteiger partial charge in [0.25, 0.3) is 0 Å². The molecule has 0 aromatic rings. The number of hydrogen-bond acceptors (Lipinski definition) is 5. The first-order chi connectivity index (χ1) is 13.6. The predicted octanol–water partition coefficient (Wildman–Crippen LogP) is 5.98. The molecule has 5 heteroatoms. The summed E-state index contributed by atoms with van der Waals surface area (Å²) < 4.78 is 16.1. The highest BCUT2D eigenvalue weighted by molar-refractivity contribution is 5.70. The van der Waals surface area contributed by atoms with E-state index in [1.807, 2.05) is 6.92 Å². The minimum atomic E-state index is -0.513. The van der Waals surface area contributed by atoms with Crippen LogP contribution >= 0.6 is 0 Å². The van der Waals surface area contributed by atoms with E-state index in [0.717, 1.165) is 32.1 Å². The number of rotatable bonds is 20. The van der Waals surface area contributed by atoms with Crippen LogP contribution in [0.4, 0.5) is 0 Å². The van der Waals surface area contributed by atoms with Gasteiger partial charge >= 0.3 is 11.9 Å². The van der Waals surface area contributed by atoms with Crippen LogP contribution in [-0.4, -0.2) is 37.9 Å². The highest BCUT2D eigenvalue weighted by Crippen LogP contribution is 2.10. The lowest BCUT2D eigenvalue weighted by molar-refractivity contribution is -0.162. The van der Waals surface area contributed by atoms with Crippen molar-refractivity contribution < 1.29 is 23.8 Å². The summed E-state index contributed by atoms with van der Waals surface area (Å²) in [5.74, 6) is -0.449. The first-order valence-corrected chi connectivity index (χ1v) is 11.6. The van der Waals surface area contributed by atoms with Crippen LogP contribution in [0.25, 0.3) is 0 Å². The van der Waals surface area contributed by atoms with E-state index in [0.29, 0.717) is 19.4 Å². The topological polar surface area (TPSA) is 61.8 Å². The van der Waals surface area contributed by atoms with Crippen molar-refractivity contribution in [3.05, 3.63) is 0 Å². The highest BCUT2D eigenvalue weighted by atomic mass is 16.6. The van der Waals surface area contributed by atoms with Crippen LogP contribution in [0.3, 0.4) is 0 Å². The van der Waals surface area contributed by atoms with Gasteiger partial charge in [-0.3, -0.25) is 9.59 Å². The van der Waals surface area contributed by atoms with Crippen LogP contribution in [0.15, 0.2) is 0 Å². The van der Waals surface area contributed by atoms with Gasteiger partial charge in [-0.1, -0.05) is 78.1 Å². The molecule has 1 unspecified atom stereocenters. The van der Waals surface area contributed by atoms with Crippen molar-refractivity contribution in [3.8, 4) is 0 Å². The molecule has 0 fully saturated rings. The molecule has 0 bridgehead atoms. The van der Waals surface area contributed by atoms with E-state index in [2.05, 4.69) is 13.8 Å². The summed E-state index contributed by atoms with van der Waals surface area (Å²) in [6.45, 7) is 7.15. The second-order valence-corrected chi connectivity index (χ2v) is 7.49. The molecule has 1 atom stereocenters. The number of carbonyl (C=O) groups excluding carboxylic acids is 2. The smallest absolute Gasteiger partial charge is 0.306 e. The van der Waals surface area contributed by atoms with Gasteiger partial charge < -0.3 is 14.2 Å². The van der Waals surface area contributed by atoms with E-state index < -0.39 is 6.10 Å². The SMILES string of the molecule is CCCCCCCCCC(=O)OC(COCC)COC(=O)CCCCCCC. The number of ether oxygens (including phenoxy) is 3. The minimum Gasteiger partial charge on any atom is -0.462 e. The lowest BCUT2D eigenvalue weighted by Gasteiger charge is -2.18. The largest absolute Gasteiger partial charge is 0.462 e. The van der Waals surface area contributed by atoms with Crippen molar-refractivity contribution in [2.45, 2.75) is 117 Å². The Hall–Kier alpha value is -1.10. The van der Waals surface area contributed by atoms with Gasteiger partial charge in [-0.2, -0.15) is 0 Å². The Morgan fingerprint density at radius 1 is 0.643 bits per heavy atom. The Balaban J connectivity index is 3.94. The number of esters is 2. The molecule has 0 aromatic heterocycles. The van der Waals surface area contributed by atoms with Crippen molar-refractivity contribution in [1.82, 2.24) is 0 Å². The van der Waals surface area contributed by atoms with Crippen LogP contribution < -0.4 is 0 Å². The Morgan fingerprint density at radius 3 is 1.68 bits per heavy atom. The average Bonchev–Trinajstić information content (AvgIpc) is 2.69. The molecule has 0 heterocycles. The van der Waals surface area contributed by atoms with Crippen LogP contribution in [0.2, 0.25) is 0 Å². The fourth-order valence-corrected chi connectivity index (χ4v) is 2.97. The average molecular weight is 401 g/mol. The molecule has 0 aromatic carbocycles. The van der Waals surface area contributed by atoms with Crippen molar-refractivity contribution in [2.75, 3.05) is 19.8 Å². The first-order valence-electron chi connectivity index (χ1n) is 11.6. The zero-order valence-electron chi connectivity index (χ0n) is 18.6. The highest BCUT2D eigenvalue weighted by Gasteiger charge is 2.17. The lowest BCUT2D eigenvalue weighted by Crippen LogP contribution is -2.29. The summed E-state index contributed by atoms with van der Waals surface area (Å²) in [6, 6.07) is 0. The molecule has 0 amide bonds. The Morgan fingerprint density at radius 2 is 1.14 bits per heavy atom. The third kappa shape index (κ3) is 18.3. The maximum atomic E-state index is 12.1. The van der Waals surface area contributed by atoms with Crippen molar-refractivity contribution in [3.63, 3.8) is 0 Å². The zero-order valence-corrected chi connectivity index (χ0v) is 18.6. The lowest BCUT2D eigenvalue weighted by atomic mass is 10.1. The molecule has 0 rings (SSSR count). The van der Waals surface area contributed by atoms with Crippen molar-refractivity contribution in [2.24, 2.45) is 0 Å². The number of carbonyl (C=O) groups is 2. The molecule has 0 spiro atoms. The third-order valence-corrected chi connectivity index (χ3v) is 4.71.